The maximum atomic E-state index is 12.8. The lowest BCUT2D eigenvalue weighted by molar-refractivity contribution is -0.134. The molecular formula is C20H26N2O5. The fraction of sp³-hybridized carbons (Fsp3) is 0.600. The molecule has 0 unspecified atom stereocenters. The van der Waals surface area contributed by atoms with Crippen LogP contribution in [0.3, 0.4) is 0 Å². The first-order chi connectivity index (χ1) is 13.0. The summed E-state index contributed by atoms with van der Waals surface area (Å²) in [5.74, 6) is 1.51. The molecule has 0 bridgehead atoms. The van der Waals surface area contributed by atoms with E-state index in [1.807, 2.05) is 4.90 Å². The van der Waals surface area contributed by atoms with Crippen molar-refractivity contribution in [3.8, 4) is 11.5 Å². The van der Waals surface area contributed by atoms with Gasteiger partial charge in [-0.05, 0) is 31.0 Å². The number of ether oxygens (including phenoxy) is 2. The summed E-state index contributed by atoms with van der Waals surface area (Å²) < 4.78 is 11.4. The molecule has 1 aliphatic carbocycles. The van der Waals surface area contributed by atoms with Gasteiger partial charge in [0.15, 0.2) is 0 Å². The number of likely N-dealkylation sites (tertiary alicyclic amines) is 2. The summed E-state index contributed by atoms with van der Waals surface area (Å²) in [5.41, 5.74) is 0.456. The number of aliphatic hydroxyl groups is 1. The highest BCUT2D eigenvalue weighted by atomic mass is 16.5. The van der Waals surface area contributed by atoms with E-state index in [0.29, 0.717) is 43.2 Å². The van der Waals surface area contributed by atoms with E-state index in [2.05, 4.69) is 0 Å². The number of nitrogens with zero attached hydrogens (tertiary/aromatic N) is 2. The van der Waals surface area contributed by atoms with Crippen LogP contribution >= 0.6 is 0 Å². The number of rotatable bonds is 5. The number of β-amino-alcohol motifs (C(OH)–C–C–N with tert-alkyl or cyclic N) is 1. The predicted octanol–water partition coefficient (Wildman–Crippen LogP) is 1.29. The van der Waals surface area contributed by atoms with Crippen molar-refractivity contribution in [1.29, 1.82) is 0 Å². The van der Waals surface area contributed by atoms with E-state index in [1.54, 1.807) is 30.2 Å². The Morgan fingerprint density at radius 2 is 1.78 bits per heavy atom. The van der Waals surface area contributed by atoms with Crippen molar-refractivity contribution < 1.29 is 24.2 Å². The van der Waals surface area contributed by atoms with Crippen molar-refractivity contribution in [1.82, 2.24) is 9.80 Å². The first-order valence-electron chi connectivity index (χ1n) is 9.66. The van der Waals surface area contributed by atoms with E-state index in [1.165, 1.54) is 0 Å². The summed E-state index contributed by atoms with van der Waals surface area (Å²) in [6, 6.07) is 5.24. The minimum absolute atomic E-state index is 0.0184. The van der Waals surface area contributed by atoms with Crippen LogP contribution in [-0.4, -0.2) is 72.2 Å². The van der Waals surface area contributed by atoms with Crippen molar-refractivity contribution in [2.75, 3.05) is 33.3 Å². The van der Waals surface area contributed by atoms with Crippen molar-refractivity contribution >= 4 is 11.8 Å². The zero-order valence-electron chi connectivity index (χ0n) is 15.6. The van der Waals surface area contributed by atoms with Gasteiger partial charge in [0.1, 0.15) is 17.6 Å². The number of aliphatic hydroxyl groups excluding tert-OH is 1. The lowest BCUT2D eigenvalue weighted by Crippen LogP contribution is -2.53. The Labute approximate surface area is 158 Å². The number of hydrogen-bond donors (Lipinski definition) is 1. The van der Waals surface area contributed by atoms with Gasteiger partial charge in [-0.25, -0.2) is 0 Å². The van der Waals surface area contributed by atoms with Crippen LogP contribution in [0, 0.1) is 5.92 Å². The number of carbonyl (C=O) groups excluding carboxylic acids is 2. The average molecular weight is 374 g/mol. The van der Waals surface area contributed by atoms with Crippen LogP contribution < -0.4 is 9.47 Å². The molecule has 1 aromatic rings. The van der Waals surface area contributed by atoms with Gasteiger partial charge >= 0.3 is 0 Å². The summed E-state index contributed by atoms with van der Waals surface area (Å²) in [7, 11) is 1.56. The second kappa shape index (κ2) is 7.38. The third-order valence-electron chi connectivity index (χ3n) is 5.54. The normalized spacial score (nSPS) is 21.0. The third-order valence-corrected chi connectivity index (χ3v) is 5.54. The number of benzene rings is 1. The molecule has 0 radical (unpaired) electrons. The van der Waals surface area contributed by atoms with Gasteiger partial charge in [0.2, 0.25) is 5.91 Å². The molecule has 4 rings (SSSR count). The van der Waals surface area contributed by atoms with Gasteiger partial charge in [-0.15, -0.1) is 0 Å². The Morgan fingerprint density at radius 3 is 2.37 bits per heavy atom. The van der Waals surface area contributed by atoms with Crippen LogP contribution in [0.2, 0.25) is 0 Å². The molecule has 0 spiro atoms. The topological polar surface area (TPSA) is 79.3 Å². The molecule has 2 aliphatic heterocycles. The molecule has 0 atom stereocenters. The zero-order chi connectivity index (χ0) is 19.0. The number of carbonyl (C=O) groups is 2. The van der Waals surface area contributed by atoms with Gasteiger partial charge in [-0.1, -0.05) is 0 Å². The number of hydrogen-bond acceptors (Lipinski definition) is 5. The smallest absolute Gasteiger partial charge is 0.257 e. The van der Waals surface area contributed by atoms with Gasteiger partial charge in [0.05, 0.1) is 18.8 Å². The second-order valence-electron chi connectivity index (χ2n) is 7.64. The van der Waals surface area contributed by atoms with E-state index in [0.717, 1.165) is 25.7 Å². The highest BCUT2D eigenvalue weighted by molar-refractivity contribution is 5.98. The van der Waals surface area contributed by atoms with Crippen LogP contribution in [0.4, 0.5) is 0 Å². The Morgan fingerprint density at radius 1 is 1.07 bits per heavy atom. The molecule has 3 aliphatic rings. The van der Waals surface area contributed by atoms with Crippen LogP contribution in [0.5, 0.6) is 11.5 Å². The van der Waals surface area contributed by atoms with Crippen molar-refractivity contribution in [2.45, 2.75) is 37.9 Å². The van der Waals surface area contributed by atoms with Crippen LogP contribution in [0.25, 0.3) is 0 Å². The Bertz CT molecular complexity index is 719. The lowest BCUT2D eigenvalue weighted by atomic mass is 10.1. The molecular weight excluding hydrogens is 348 g/mol. The first-order valence-corrected chi connectivity index (χ1v) is 9.66. The molecule has 7 heteroatoms. The van der Waals surface area contributed by atoms with E-state index in [-0.39, 0.29) is 23.8 Å². The van der Waals surface area contributed by atoms with Crippen LogP contribution in [-0.2, 0) is 4.79 Å². The third kappa shape index (κ3) is 3.88. The molecule has 27 heavy (non-hydrogen) atoms. The van der Waals surface area contributed by atoms with Crippen LogP contribution in [0.1, 0.15) is 36.0 Å². The van der Waals surface area contributed by atoms with Gasteiger partial charge in [0.25, 0.3) is 5.91 Å². The Kier molecular flexibility index (Phi) is 4.95. The summed E-state index contributed by atoms with van der Waals surface area (Å²) in [4.78, 5) is 28.5. The zero-order valence-corrected chi connectivity index (χ0v) is 15.6. The fourth-order valence-corrected chi connectivity index (χ4v) is 3.66. The quantitative estimate of drug-likeness (QED) is 0.840. The second-order valence-corrected chi connectivity index (χ2v) is 7.64. The van der Waals surface area contributed by atoms with E-state index >= 15 is 0 Å². The van der Waals surface area contributed by atoms with Crippen molar-refractivity contribution in [3.63, 3.8) is 0 Å². The Balaban J connectivity index is 1.42. The maximum Gasteiger partial charge on any atom is 0.257 e. The fourth-order valence-electron chi connectivity index (χ4n) is 3.66. The molecule has 1 N–H and O–H groups in total. The van der Waals surface area contributed by atoms with E-state index < -0.39 is 6.10 Å². The van der Waals surface area contributed by atoms with E-state index in [4.69, 9.17) is 9.47 Å². The lowest BCUT2D eigenvalue weighted by Gasteiger charge is -2.36. The Hall–Kier alpha value is -2.28. The van der Waals surface area contributed by atoms with Crippen LogP contribution in [0.15, 0.2) is 18.2 Å². The number of amides is 2. The SMILES string of the molecule is COc1ccc(OC2CCN(C(=O)C3CC3)CC2)c(C(=O)N2CC(O)C2)c1. The molecule has 2 saturated heterocycles. The standard InChI is InChI=1S/C20H26N2O5/c1-26-16-4-5-18(17(10-16)20(25)22-11-14(23)12-22)27-15-6-8-21(9-7-15)19(24)13-2-3-13/h4-5,10,13-15,23H,2-3,6-9,11-12H2,1H3. The molecule has 3 fully saturated rings. The van der Waals surface area contributed by atoms with Crippen molar-refractivity contribution in [2.24, 2.45) is 5.92 Å². The molecule has 7 nitrogen and oxygen atoms in total. The highest BCUT2D eigenvalue weighted by Crippen LogP contribution is 2.33. The van der Waals surface area contributed by atoms with Gasteiger partial charge in [-0.2, -0.15) is 0 Å². The van der Waals surface area contributed by atoms with Crippen molar-refractivity contribution in [3.05, 3.63) is 23.8 Å². The molecule has 146 valence electrons. The largest absolute Gasteiger partial charge is 0.497 e. The molecule has 2 amide bonds. The summed E-state index contributed by atoms with van der Waals surface area (Å²) in [6.07, 6.45) is 3.11. The molecule has 1 saturated carbocycles. The van der Waals surface area contributed by atoms with Gasteiger partial charge < -0.3 is 24.4 Å². The molecule has 0 aromatic heterocycles. The average Bonchev–Trinajstić information content (AvgIpc) is 3.50. The number of piperidine rings is 1. The minimum atomic E-state index is -0.447. The van der Waals surface area contributed by atoms with Gasteiger partial charge in [-0.3, -0.25) is 9.59 Å². The highest BCUT2D eigenvalue weighted by Gasteiger charge is 2.36. The van der Waals surface area contributed by atoms with E-state index in [9.17, 15) is 14.7 Å². The first kappa shape index (κ1) is 18.1. The summed E-state index contributed by atoms with van der Waals surface area (Å²) in [5, 5.41) is 9.48. The summed E-state index contributed by atoms with van der Waals surface area (Å²) in [6.45, 7) is 2.10. The minimum Gasteiger partial charge on any atom is -0.497 e. The monoisotopic (exact) mass is 374 g/mol. The summed E-state index contributed by atoms with van der Waals surface area (Å²) >= 11 is 0. The molecule has 2 heterocycles. The van der Waals surface area contributed by atoms with Gasteiger partial charge in [0, 0.05) is 44.9 Å². The molecule has 1 aromatic carbocycles. The number of methoxy groups -OCH3 is 1. The maximum absolute atomic E-state index is 12.8. The predicted molar refractivity (Wildman–Crippen MR) is 97.9 cm³/mol.